The average molecular weight is 460 g/mol. The van der Waals surface area contributed by atoms with E-state index < -0.39 is 5.97 Å². The third-order valence-electron chi connectivity index (χ3n) is 5.48. The summed E-state index contributed by atoms with van der Waals surface area (Å²) >= 11 is 6.66. The molecule has 0 saturated carbocycles. The molecule has 0 radical (unpaired) electrons. The van der Waals surface area contributed by atoms with Crippen molar-refractivity contribution in [3.8, 4) is 0 Å². The summed E-state index contributed by atoms with van der Waals surface area (Å²) in [6, 6.07) is 16.3. The highest BCUT2D eigenvalue weighted by Crippen LogP contribution is 2.39. The van der Waals surface area contributed by atoms with Crippen LogP contribution in [0.15, 0.2) is 65.7 Å². The van der Waals surface area contributed by atoms with Gasteiger partial charge in [0.25, 0.3) is 0 Å². The molecule has 6 nitrogen and oxygen atoms in total. The Labute approximate surface area is 192 Å². The number of nitrogens with one attached hydrogen (secondary N) is 1. The zero-order valence-corrected chi connectivity index (χ0v) is 18.3. The maximum atomic E-state index is 12.7. The molecule has 0 spiro atoms. The second-order valence-corrected chi connectivity index (χ2v) is 8.94. The van der Waals surface area contributed by atoms with Crippen LogP contribution in [-0.4, -0.2) is 25.6 Å². The molecule has 2 N–H and O–H groups in total. The zero-order chi connectivity index (χ0) is 22.2. The quantitative estimate of drug-likeness (QED) is 0.378. The van der Waals surface area contributed by atoms with Gasteiger partial charge in [-0.05, 0) is 22.3 Å². The Morgan fingerprint density at radius 3 is 2.28 bits per heavy atom. The Hall–Kier alpha value is -3.62. The number of aromatic nitrogens is 3. The molecule has 2 heterocycles. The number of rotatable bonds is 4. The number of aromatic carboxylic acids is 1. The average Bonchev–Trinajstić information content (AvgIpc) is 3.19. The number of benzene rings is 2. The molecule has 0 atom stereocenters. The van der Waals surface area contributed by atoms with Crippen LogP contribution in [0.3, 0.4) is 0 Å². The summed E-state index contributed by atoms with van der Waals surface area (Å²) < 4.78 is 1.88. The van der Waals surface area contributed by atoms with Gasteiger partial charge in [-0.1, -0.05) is 72.9 Å². The van der Waals surface area contributed by atoms with E-state index >= 15 is 0 Å². The summed E-state index contributed by atoms with van der Waals surface area (Å²) in [6.45, 7) is 0.157. The number of H-pyrrole nitrogens is 1. The van der Waals surface area contributed by atoms with E-state index in [4.69, 9.17) is 17.3 Å². The summed E-state index contributed by atoms with van der Waals surface area (Å²) in [4.78, 5) is 30.9. The Morgan fingerprint density at radius 2 is 1.69 bits per heavy atom. The molecule has 1 aliphatic rings. The minimum absolute atomic E-state index is 0.134. The molecule has 0 bridgehead atoms. The van der Waals surface area contributed by atoms with Gasteiger partial charge in [0.1, 0.15) is 14.5 Å². The predicted octanol–water partition coefficient (Wildman–Crippen LogP) is 4.77. The summed E-state index contributed by atoms with van der Waals surface area (Å²) in [5.41, 5.74) is 4.82. The fraction of sp³-hybridized carbons (Fsp3) is 0.0833. The lowest BCUT2D eigenvalue weighted by molar-refractivity contribution is 0.0702. The van der Waals surface area contributed by atoms with Crippen molar-refractivity contribution >= 4 is 41.7 Å². The summed E-state index contributed by atoms with van der Waals surface area (Å²) in [5, 5.41) is 9.69. The highest BCUT2D eigenvalue weighted by atomic mass is 32.1. The van der Waals surface area contributed by atoms with Gasteiger partial charge >= 0.3 is 11.7 Å². The van der Waals surface area contributed by atoms with Crippen LogP contribution in [-0.2, 0) is 6.54 Å². The highest BCUT2D eigenvalue weighted by Gasteiger charge is 2.25. The van der Waals surface area contributed by atoms with Crippen molar-refractivity contribution in [1.29, 1.82) is 0 Å². The van der Waals surface area contributed by atoms with Crippen molar-refractivity contribution in [2.75, 3.05) is 0 Å². The first kappa shape index (κ1) is 20.3. The van der Waals surface area contributed by atoms with Gasteiger partial charge in [-0.25, -0.2) is 14.6 Å². The third kappa shape index (κ3) is 3.63. The Balaban J connectivity index is 1.67. The molecule has 0 unspecified atom stereocenters. The number of fused-ring (bicyclic) bond motifs is 2. The first-order chi connectivity index (χ1) is 15.5. The molecule has 2 aromatic heterocycles. The van der Waals surface area contributed by atoms with Gasteiger partial charge in [0.2, 0.25) is 0 Å². The maximum absolute atomic E-state index is 12.7. The second-order valence-electron chi connectivity index (χ2n) is 7.42. The minimum Gasteiger partial charge on any atom is -0.477 e. The summed E-state index contributed by atoms with van der Waals surface area (Å²) in [6.07, 6.45) is 7.27. The molecular weight excluding hydrogens is 442 g/mol. The van der Waals surface area contributed by atoms with Crippen molar-refractivity contribution in [2.24, 2.45) is 0 Å². The van der Waals surface area contributed by atoms with Crippen molar-refractivity contribution in [3.63, 3.8) is 0 Å². The fourth-order valence-corrected chi connectivity index (χ4v) is 5.02. The number of carboxylic acid groups (broad SMARTS) is 1. The summed E-state index contributed by atoms with van der Waals surface area (Å²) in [7, 11) is 0. The number of carboxylic acids is 1. The second kappa shape index (κ2) is 8.14. The van der Waals surface area contributed by atoms with Crippen molar-refractivity contribution in [3.05, 3.63) is 114 Å². The van der Waals surface area contributed by atoms with Crippen LogP contribution in [0.1, 0.15) is 48.4 Å². The minimum atomic E-state index is -1.03. The number of aromatic amines is 1. The normalized spacial score (nSPS) is 12.8. The van der Waals surface area contributed by atoms with E-state index in [-0.39, 0.29) is 23.0 Å². The van der Waals surface area contributed by atoms with Gasteiger partial charge in [-0.15, -0.1) is 11.3 Å². The van der Waals surface area contributed by atoms with Crippen molar-refractivity contribution in [1.82, 2.24) is 14.5 Å². The summed E-state index contributed by atoms with van der Waals surface area (Å²) in [5.74, 6) is -1.20. The van der Waals surface area contributed by atoms with Crippen LogP contribution < -0.4 is 5.69 Å². The lowest BCUT2D eigenvalue weighted by Crippen LogP contribution is -2.25. The monoisotopic (exact) mass is 459 g/mol. The van der Waals surface area contributed by atoms with Crippen LogP contribution >= 0.6 is 23.6 Å². The van der Waals surface area contributed by atoms with Crippen LogP contribution in [0.2, 0.25) is 0 Å². The Morgan fingerprint density at radius 1 is 1.06 bits per heavy atom. The molecule has 5 rings (SSSR count). The van der Waals surface area contributed by atoms with E-state index in [0.717, 1.165) is 39.2 Å². The van der Waals surface area contributed by atoms with E-state index in [9.17, 15) is 9.59 Å². The number of carbonyl (C=O) groups is 1. The lowest BCUT2D eigenvalue weighted by Gasteiger charge is -2.21. The van der Waals surface area contributed by atoms with E-state index in [1.807, 2.05) is 24.3 Å². The topological polar surface area (TPSA) is 88.0 Å². The fourth-order valence-electron chi connectivity index (χ4n) is 4.01. The lowest BCUT2D eigenvalue weighted by atomic mass is 9.83. The van der Waals surface area contributed by atoms with Crippen molar-refractivity contribution < 1.29 is 9.90 Å². The molecule has 0 fully saturated rings. The Bertz CT molecular complexity index is 1450. The molecule has 8 heteroatoms. The number of nitrogens with zero attached hydrogens (tertiary/aromatic N) is 2. The Kier molecular flexibility index (Phi) is 5.16. The van der Waals surface area contributed by atoms with Gasteiger partial charge in [-0.2, -0.15) is 0 Å². The first-order valence-corrected chi connectivity index (χ1v) is 11.1. The van der Waals surface area contributed by atoms with Gasteiger partial charge in [0.15, 0.2) is 0 Å². The van der Waals surface area contributed by atoms with Gasteiger partial charge in [-0.3, -0.25) is 9.55 Å². The zero-order valence-electron chi connectivity index (χ0n) is 16.7. The van der Waals surface area contributed by atoms with Gasteiger partial charge in [0, 0.05) is 17.7 Å². The van der Waals surface area contributed by atoms with Crippen LogP contribution in [0.5, 0.6) is 0 Å². The van der Waals surface area contributed by atoms with Crippen LogP contribution in [0.4, 0.5) is 0 Å². The molecule has 0 aliphatic heterocycles. The number of thiazole rings is 1. The van der Waals surface area contributed by atoms with E-state index in [1.165, 1.54) is 10.8 Å². The standard InChI is InChI=1S/C24H17N3O3S2/c28-23(29)19-11-25-20(32-19)13-27-12-18(22(31)26-24(27)30)21-16-7-3-1-5-14(16)9-10-15-6-2-4-8-17(15)21/h1-12,21H,13H2,(H,28,29)(H,26,30,31). The molecule has 158 valence electrons. The van der Waals surface area contributed by atoms with Crippen molar-refractivity contribution in [2.45, 2.75) is 12.5 Å². The maximum Gasteiger partial charge on any atom is 0.347 e. The molecular formula is C24H17N3O3S2. The molecule has 1 aliphatic carbocycles. The SMILES string of the molecule is O=C(O)c1cnc(Cn2cc(C3c4ccccc4C=Cc4ccccc43)c(=S)[nH]c2=O)s1. The molecule has 0 saturated heterocycles. The molecule has 2 aromatic carbocycles. The molecule has 0 amide bonds. The predicted molar refractivity (Wildman–Crippen MR) is 127 cm³/mol. The van der Waals surface area contributed by atoms with Gasteiger partial charge in [0.05, 0.1) is 12.7 Å². The number of hydrogen-bond acceptors (Lipinski definition) is 5. The first-order valence-electron chi connectivity index (χ1n) is 9.89. The molecule has 4 aromatic rings. The third-order valence-corrected chi connectivity index (χ3v) is 6.78. The smallest absolute Gasteiger partial charge is 0.347 e. The van der Waals surface area contributed by atoms with E-state index in [0.29, 0.717) is 9.65 Å². The van der Waals surface area contributed by atoms with Crippen LogP contribution in [0.25, 0.3) is 12.2 Å². The van der Waals surface area contributed by atoms with Crippen LogP contribution in [0, 0.1) is 4.64 Å². The van der Waals surface area contributed by atoms with E-state index in [2.05, 4.69) is 46.4 Å². The molecule has 32 heavy (non-hydrogen) atoms. The number of hydrogen-bond donors (Lipinski definition) is 2. The highest BCUT2D eigenvalue weighted by molar-refractivity contribution is 7.71. The largest absolute Gasteiger partial charge is 0.477 e. The van der Waals surface area contributed by atoms with E-state index in [1.54, 1.807) is 6.20 Å². The van der Waals surface area contributed by atoms with Gasteiger partial charge < -0.3 is 5.11 Å².